The number of anilines is 1. The average molecular weight is 239 g/mol. The van der Waals surface area contributed by atoms with E-state index in [0.29, 0.717) is 12.8 Å². The van der Waals surface area contributed by atoms with Crippen molar-refractivity contribution in [2.24, 2.45) is 0 Å². The Bertz CT molecular complexity index is 453. The van der Waals surface area contributed by atoms with Crippen molar-refractivity contribution in [3.05, 3.63) is 22.4 Å². The summed E-state index contributed by atoms with van der Waals surface area (Å²) < 4.78 is 0. The summed E-state index contributed by atoms with van der Waals surface area (Å²) in [5, 5.41) is 32.3. The van der Waals surface area contributed by atoms with E-state index in [1.54, 1.807) is 6.92 Å². The van der Waals surface area contributed by atoms with Crippen molar-refractivity contribution in [2.75, 3.05) is 5.32 Å². The second kappa shape index (κ2) is 3.85. The molecule has 1 aromatic heterocycles. The van der Waals surface area contributed by atoms with Gasteiger partial charge in [0.1, 0.15) is 5.75 Å². The summed E-state index contributed by atoms with van der Waals surface area (Å²) in [5.41, 5.74) is -0.972. The highest BCUT2D eigenvalue weighted by molar-refractivity contribution is 5.58. The smallest absolute Gasteiger partial charge is 0.315 e. The van der Waals surface area contributed by atoms with Crippen molar-refractivity contribution in [3.8, 4) is 5.75 Å². The van der Waals surface area contributed by atoms with E-state index in [4.69, 9.17) is 5.11 Å². The molecule has 1 aliphatic carbocycles. The summed E-state index contributed by atoms with van der Waals surface area (Å²) in [7, 11) is 0. The van der Waals surface area contributed by atoms with Gasteiger partial charge in [0.25, 0.3) is 0 Å². The highest BCUT2D eigenvalue weighted by Gasteiger charge is 2.39. The molecule has 2 rings (SSSR count). The van der Waals surface area contributed by atoms with Gasteiger partial charge in [0, 0.05) is 6.04 Å². The Balaban J connectivity index is 2.13. The standard InChI is InChI=1S/C10H13N3O4/c1-10(15)3-6(4-10)12-9-8(13(16)17)2-7(14)5-11-9/h2,5-6,14-15H,3-4H2,1H3,(H,11,12)/t6-,10+. The molecule has 0 atom stereocenters. The maximum atomic E-state index is 10.8. The van der Waals surface area contributed by atoms with Gasteiger partial charge in [0.05, 0.1) is 22.8 Å². The molecule has 92 valence electrons. The van der Waals surface area contributed by atoms with Crippen molar-refractivity contribution in [1.29, 1.82) is 0 Å². The number of aromatic hydroxyl groups is 1. The summed E-state index contributed by atoms with van der Waals surface area (Å²) in [6, 6.07) is 1.02. The first-order valence-electron chi connectivity index (χ1n) is 5.20. The fourth-order valence-corrected chi connectivity index (χ4v) is 1.99. The lowest BCUT2D eigenvalue weighted by Crippen LogP contribution is -2.48. The Morgan fingerprint density at radius 2 is 2.29 bits per heavy atom. The van der Waals surface area contributed by atoms with Crippen LogP contribution in [0.25, 0.3) is 0 Å². The number of pyridine rings is 1. The van der Waals surface area contributed by atoms with Crippen molar-refractivity contribution >= 4 is 11.5 Å². The number of nitrogens with zero attached hydrogens (tertiary/aromatic N) is 2. The Hall–Kier alpha value is -1.89. The van der Waals surface area contributed by atoms with Gasteiger partial charge < -0.3 is 15.5 Å². The summed E-state index contributed by atoms with van der Waals surface area (Å²) in [6.45, 7) is 1.71. The number of hydrogen-bond acceptors (Lipinski definition) is 6. The van der Waals surface area contributed by atoms with Crippen LogP contribution in [-0.2, 0) is 0 Å². The molecule has 1 fully saturated rings. The molecule has 0 radical (unpaired) electrons. The third-order valence-corrected chi connectivity index (χ3v) is 2.76. The van der Waals surface area contributed by atoms with Crippen LogP contribution in [0.1, 0.15) is 19.8 Å². The molecule has 0 unspecified atom stereocenters. The zero-order valence-electron chi connectivity index (χ0n) is 9.25. The van der Waals surface area contributed by atoms with E-state index < -0.39 is 10.5 Å². The predicted molar refractivity (Wildman–Crippen MR) is 59.8 cm³/mol. The maximum Gasteiger partial charge on any atom is 0.315 e. The third-order valence-electron chi connectivity index (χ3n) is 2.76. The monoisotopic (exact) mass is 239 g/mol. The minimum Gasteiger partial charge on any atom is -0.506 e. The maximum absolute atomic E-state index is 10.8. The molecule has 1 aromatic rings. The third kappa shape index (κ3) is 2.44. The van der Waals surface area contributed by atoms with Gasteiger partial charge in [-0.2, -0.15) is 0 Å². The molecule has 7 nitrogen and oxygen atoms in total. The second-order valence-electron chi connectivity index (χ2n) is 4.56. The molecule has 1 saturated carbocycles. The van der Waals surface area contributed by atoms with Crippen LogP contribution in [0.2, 0.25) is 0 Å². The van der Waals surface area contributed by atoms with Gasteiger partial charge in [-0.05, 0) is 19.8 Å². The van der Waals surface area contributed by atoms with Gasteiger partial charge in [-0.15, -0.1) is 0 Å². The van der Waals surface area contributed by atoms with E-state index in [0.717, 1.165) is 12.3 Å². The molecule has 17 heavy (non-hydrogen) atoms. The van der Waals surface area contributed by atoms with E-state index in [1.807, 2.05) is 0 Å². The van der Waals surface area contributed by atoms with Crippen molar-refractivity contribution in [3.63, 3.8) is 0 Å². The van der Waals surface area contributed by atoms with Crippen molar-refractivity contribution in [1.82, 2.24) is 4.98 Å². The van der Waals surface area contributed by atoms with Gasteiger partial charge in [-0.25, -0.2) is 4.98 Å². The predicted octanol–water partition coefficient (Wildman–Crippen LogP) is 1.02. The number of hydrogen-bond donors (Lipinski definition) is 3. The zero-order valence-corrected chi connectivity index (χ0v) is 9.25. The fourth-order valence-electron chi connectivity index (χ4n) is 1.99. The van der Waals surface area contributed by atoms with Crippen LogP contribution in [0.5, 0.6) is 5.75 Å². The van der Waals surface area contributed by atoms with Gasteiger partial charge in [-0.1, -0.05) is 0 Å². The first-order chi connectivity index (χ1) is 7.87. The lowest BCUT2D eigenvalue weighted by atomic mass is 9.77. The molecule has 0 amide bonds. The van der Waals surface area contributed by atoms with Crippen LogP contribution in [0.3, 0.4) is 0 Å². The normalized spacial score (nSPS) is 27.3. The second-order valence-corrected chi connectivity index (χ2v) is 4.56. The lowest BCUT2D eigenvalue weighted by molar-refractivity contribution is -0.384. The van der Waals surface area contributed by atoms with Crippen LogP contribution in [-0.4, -0.2) is 31.8 Å². The van der Waals surface area contributed by atoms with Gasteiger partial charge in [0.2, 0.25) is 5.82 Å². The fraction of sp³-hybridized carbons (Fsp3) is 0.500. The van der Waals surface area contributed by atoms with Gasteiger partial charge in [0.15, 0.2) is 0 Å². The molecule has 0 bridgehead atoms. The summed E-state index contributed by atoms with van der Waals surface area (Å²) >= 11 is 0. The highest BCUT2D eigenvalue weighted by Crippen LogP contribution is 2.35. The molecular weight excluding hydrogens is 226 g/mol. The van der Waals surface area contributed by atoms with E-state index in [9.17, 15) is 15.2 Å². The molecule has 7 heteroatoms. The molecule has 1 heterocycles. The largest absolute Gasteiger partial charge is 0.506 e. The topological polar surface area (TPSA) is 109 Å². The Morgan fingerprint density at radius 3 is 2.82 bits per heavy atom. The Labute approximate surface area is 97.3 Å². The number of nitrogens with one attached hydrogen (secondary N) is 1. The minimum absolute atomic E-state index is 0.0271. The average Bonchev–Trinajstić information content (AvgIpc) is 2.17. The quantitative estimate of drug-likeness (QED) is 0.536. The molecule has 3 N–H and O–H groups in total. The molecule has 0 saturated heterocycles. The van der Waals surface area contributed by atoms with Gasteiger partial charge in [-0.3, -0.25) is 10.1 Å². The molecule has 1 aliphatic rings. The first-order valence-corrected chi connectivity index (χ1v) is 5.20. The number of nitro groups is 1. The lowest BCUT2D eigenvalue weighted by Gasteiger charge is -2.41. The summed E-state index contributed by atoms with van der Waals surface area (Å²) in [6.07, 6.45) is 2.19. The SMILES string of the molecule is C[C@]1(O)C[C@@H](Nc2ncc(O)cc2[N+](=O)[O-])C1. The first kappa shape index (κ1) is 11.6. The molecule has 0 aliphatic heterocycles. The number of aliphatic hydroxyl groups is 1. The van der Waals surface area contributed by atoms with Crippen LogP contribution < -0.4 is 5.32 Å². The van der Waals surface area contributed by atoms with Gasteiger partial charge >= 0.3 is 5.69 Å². The van der Waals surface area contributed by atoms with Crippen LogP contribution in [0.15, 0.2) is 12.3 Å². The molecule has 0 spiro atoms. The van der Waals surface area contributed by atoms with E-state index in [-0.39, 0.29) is 23.3 Å². The van der Waals surface area contributed by atoms with Crippen LogP contribution in [0.4, 0.5) is 11.5 Å². The number of aromatic nitrogens is 1. The Morgan fingerprint density at radius 1 is 1.65 bits per heavy atom. The van der Waals surface area contributed by atoms with E-state index >= 15 is 0 Å². The zero-order chi connectivity index (χ0) is 12.6. The van der Waals surface area contributed by atoms with E-state index in [2.05, 4.69) is 10.3 Å². The highest BCUT2D eigenvalue weighted by atomic mass is 16.6. The molecular formula is C10H13N3O4. The minimum atomic E-state index is -0.705. The van der Waals surface area contributed by atoms with Crippen LogP contribution in [0, 0.1) is 10.1 Å². The Kier molecular flexibility index (Phi) is 2.62. The van der Waals surface area contributed by atoms with Crippen molar-refractivity contribution in [2.45, 2.75) is 31.4 Å². The summed E-state index contributed by atoms with van der Waals surface area (Å²) in [5.74, 6) is -0.129. The van der Waals surface area contributed by atoms with Crippen LogP contribution >= 0.6 is 0 Å². The van der Waals surface area contributed by atoms with Crippen molar-refractivity contribution < 1.29 is 15.1 Å². The summed E-state index contributed by atoms with van der Waals surface area (Å²) in [4.78, 5) is 13.9. The van der Waals surface area contributed by atoms with E-state index in [1.165, 1.54) is 0 Å². The number of rotatable bonds is 3. The molecule has 0 aromatic carbocycles.